The minimum atomic E-state index is -0.517. The van der Waals surface area contributed by atoms with Crippen molar-refractivity contribution >= 4 is 23.0 Å². The molecular weight excluding hydrogens is 234 g/mol. The van der Waals surface area contributed by atoms with Crippen LogP contribution in [0.1, 0.15) is 0 Å². The highest BCUT2D eigenvalue weighted by molar-refractivity contribution is 5.73. The van der Waals surface area contributed by atoms with Gasteiger partial charge in [0.05, 0.1) is 4.92 Å². The standard InChI is InChI=1S/C11H11N5O2/c1-12-10-9(16(17)18)11(14-7-13-10)15-8-5-3-2-4-6-8/h2-7H,1H3,(H2,12,13,14,15). The van der Waals surface area contributed by atoms with Gasteiger partial charge in [0, 0.05) is 12.7 Å². The van der Waals surface area contributed by atoms with E-state index in [-0.39, 0.29) is 17.3 Å². The SMILES string of the molecule is CNc1ncnc(Nc2ccccc2)c1[N+](=O)[O-]. The van der Waals surface area contributed by atoms with Crippen molar-refractivity contribution in [2.24, 2.45) is 0 Å². The molecule has 0 fully saturated rings. The molecule has 2 aromatic rings. The minimum Gasteiger partial charge on any atom is -0.367 e. The van der Waals surface area contributed by atoms with Crippen LogP contribution < -0.4 is 10.6 Å². The van der Waals surface area contributed by atoms with Gasteiger partial charge < -0.3 is 10.6 Å². The summed E-state index contributed by atoms with van der Waals surface area (Å²) in [5.74, 6) is 0.332. The summed E-state index contributed by atoms with van der Waals surface area (Å²) in [6.45, 7) is 0. The van der Waals surface area contributed by atoms with Gasteiger partial charge in [-0.2, -0.15) is 0 Å². The van der Waals surface area contributed by atoms with Crippen molar-refractivity contribution in [2.75, 3.05) is 17.7 Å². The molecule has 0 saturated heterocycles. The predicted octanol–water partition coefficient (Wildman–Crippen LogP) is 2.17. The van der Waals surface area contributed by atoms with E-state index in [0.29, 0.717) is 0 Å². The average molecular weight is 245 g/mol. The van der Waals surface area contributed by atoms with E-state index in [4.69, 9.17) is 0 Å². The quantitative estimate of drug-likeness (QED) is 0.633. The monoisotopic (exact) mass is 245 g/mol. The number of para-hydroxylation sites is 1. The van der Waals surface area contributed by atoms with E-state index in [2.05, 4.69) is 20.6 Å². The summed E-state index contributed by atoms with van der Waals surface area (Å²) in [4.78, 5) is 18.2. The number of nitrogens with one attached hydrogen (secondary N) is 2. The molecule has 0 aliphatic rings. The Morgan fingerprint density at radius 1 is 1.17 bits per heavy atom. The molecule has 0 aliphatic carbocycles. The van der Waals surface area contributed by atoms with Crippen LogP contribution in [0.5, 0.6) is 0 Å². The lowest BCUT2D eigenvalue weighted by Gasteiger charge is -2.07. The number of benzene rings is 1. The molecule has 0 amide bonds. The normalized spacial score (nSPS) is 9.83. The third-order valence-electron chi connectivity index (χ3n) is 2.28. The summed E-state index contributed by atoms with van der Waals surface area (Å²) in [6.07, 6.45) is 1.27. The molecule has 0 atom stereocenters. The number of anilines is 3. The highest BCUT2D eigenvalue weighted by Gasteiger charge is 2.21. The molecule has 1 aromatic carbocycles. The molecule has 0 saturated carbocycles. The summed E-state index contributed by atoms with van der Waals surface area (Å²) in [5, 5.41) is 16.6. The summed E-state index contributed by atoms with van der Waals surface area (Å²) in [7, 11) is 1.57. The van der Waals surface area contributed by atoms with Crippen LogP contribution >= 0.6 is 0 Å². The van der Waals surface area contributed by atoms with E-state index in [9.17, 15) is 10.1 Å². The third-order valence-corrected chi connectivity index (χ3v) is 2.28. The van der Waals surface area contributed by atoms with Crippen LogP contribution in [-0.4, -0.2) is 21.9 Å². The Bertz CT molecular complexity index is 559. The number of hydrogen-bond donors (Lipinski definition) is 2. The molecule has 0 radical (unpaired) electrons. The predicted molar refractivity (Wildman–Crippen MR) is 68.0 cm³/mol. The first-order chi connectivity index (χ1) is 8.72. The van der Waals surface area contributed by atoms with Gasteiger partial charge in [-0.05, 0) is 12.1 Å². The molecule has 2 N–H and O–H groups in total. The van der Waals surface area contributed by atoms with E-state index in [1.165, 1.54) is 6.33 Å². The number of hydrogen-bond acceptors (Lipinski definition) is 6. The number of aromatic nitrogens is 2. The van der Waals surface area contributed by atoms with Crippen LogP contribution in [-0.2, 0) is 0 Å². The Morgan fingerprint density at radius 2 is 1.83 bits per heavy atom. The highest BCUT2D eigenvalue weighted by Crippen LogP contribution is 2.30. The van der Waals surface area contributed by atoms with E-state index >= 15 is 0 Å². The van der Waals surface area contributed by atoms with Gasteiger partial charge in [-0.1, -0.05) is 18.2 Å². The van der Waals surface area contributed by atoms with E-state index in [1.807, 2.05) is 18.2 Å². The second-order valence-electron chi connectivity index (χ2n) is 3.42. The Balaban J connectivity index is 2.42. The molecule has 7 heteroatoms. The second-order valence-corrected chi connectivity index (χ2v) is 3.42. The smallest absolute Gasteiger partial charge is 0.353 e. The van der Waals surface area contributed by atoms with Gasteiger partial charge in [0.2, 0.25) is 11.6 Å². The maximum Gasteiger partial charge on any atom is 0.353 e. The molecule has 0 aliphatic heterocycles. The van der Waals surface area contributed by atoms with Crippen molar-refractivity contribution in [1.29, 1.82) is 0 Å². The number of rotatable bonds is 4. The molecule has 92 valence electrons. The van der Waals surface area contributed by atoms with Gasteiger partial charge in [-0.3, -0.25) is 10.1 Å². The fraction of sp³-hybridized carbons (Fsp3) is 0.0909. The lowest BCUT2D eigenvalue weighted by Crippen LogP contribution is -2.05. The Morgan fingerprint density at radius 3 is 2.44 bits per heavy atom. The largest absolute Gasteiger partial charge is 0.367 e. The molecule has 0 unspecified atom stereocenters. The van der Waals surface area contributed by atoms with Gasteiger partial charge in [0.1, 0.15) is 6.33 Å². The Hall–Kier alpha value is -2.70. The van der Waals surface area contributed by atoms with E-state index in [1.54, 1.807) is 19.2 Å². The van der Waals surface area contributed by atoms with Gasteiger partial charge in [0.25, 0.3) is 0 Å². The minimum absolute atomic E-state index is 0.158. The molecule has 18 heavy (non-hydrogen) atoms. The molecule has 0 spiro atoms. The van der Waals surface area contributed by atoms with Crippen LogP contribution in [0.4, 0.5) is 23.0 Å². The van der Waals surface area contributed by atoms with Crippen molar-refractivity contribution < 1.29 is 4.92 Å². The van der Waals surface area contributed by atoms with Crippen LogP contribution in [0.15, 0.2) is 36.7 Å². The first kappa shape index (κ1) is 11.8. The van der Waals surface area contributed by atoms with Gasteiger partial charge in [0.15, 0.2) is 0 Å². The Kier molecular flexibility index (Phi) is 3.33. The van der Waals surface area contributed by atoms with Crippen molar-refractivity contribution in [3.8, 4) is 0 Å². The maximum atomic E-state index is 11.0. The summed E-state index contributed by atoms with van der Waals surface area (Å²) >= 11 is 0. The summed E-state index contributed by atoms with van der Waals surface area (Å²) in [6, 6.07) is 9.11. The zero-order chi connectivity index (χ0) is 13.0. The molecule has 1 heterocycles. The van der Waals surface area contributed by atoms with E-state index < -0.39 is 4.92 Å². The molecule has 1 aromatic heterocycles. The molecule has 0 bridgehead atoms. The van der Waals surface area contributed by atoms with Gasteiger partial charge in [-0.15, -0.1) is 0 Å². The third kappa shape index (κ3) is 2.34. The summed E-state index contributed by atoms with van der Waals surface area (Å²) < 4.78 is 0. The fourth-order valence-corrected chi connectivity index (χ4v) is 1.48. The first-order valence-electron chi connectivity index (χ1n) is 5.21. The lowest BCUT2D eigenvalue weighted by atomic mass is 10.3. The maximum absolute atomic E-state index is 11.0. The topological polar surface area (TPSA) is 93.0 Å². The van der Waals surface area contributed by atoms with Crippen LogP contribution in [0.25, 0.3) is 0 Å². The van der Waals surface area contributed by atoms with E-state index in [0.717, 1.165) is 5.69 Å². The zero-order valence-corrected chi connectivity index (χ0v) is 9.62. The highest BCUT2D eigenvalue weighted by atomic mass is 16.6. The lowest BCUT2D eigenvalue weighted by molar-refractivity contribution is -0.383. The van der Waals surface area contributed by atoms with Crippen LogP contribution in [0.3, 0.4) is 0 Å². The van der Waals surface area contributed by atoms with Crippen molar-refractivity contribution in [3.63, 3.8) is 0 Å². The zero-order valence-electron chi connectivity index (χ0n) is 9.62. The van der Waals surface area contributed by atoms with Crippen molar-refractivity contribution in [1.82, 2.24) is 9.97 Å². The number of nitro groups is 1. The average Bonchev–Trinajstić information content (AvgIpc) is 2.39. The summed E-state index contributed by atoms with van der Waals surface area (Å²) in [5.41, 5.74) is 0.546. The number of nitrogens with zero attached hydrogens (tertiary/aromatic N) is 3. The molecule has 2 rings (SSSR count). The van der Waals surface area contributed by atoms with Gasteiger partial charge in [-0.25, -0.2) is 9.97 Å². The molecule has 7 nitrogen and oxygen atoms in total. The van der Waals surface area contributed by atoms with Crippen molar-refractivity contribution in [2.45, 2.75) is 0 Å². The van der Waals surface area contributed by atoms with Crippen molar-refractivity contribution in [3.05, 3.63) is 46.8 Å². The second kappa shape index (κ2) is 5.09. The van der Waals surface area contributed by atoms with Crippen LogP contribution in [0, 0.1) is 10.1 Å². The first-order valence-corrected chi connectivity index (χ1v) is 5.21. The fourth-order valence-electron chi connectivity index (χ4n) is 1.48. The molecular formula is C11H11N5O2. The Labute approximate surface area is 103 Å². The van der Waals surface area contributed by atoms with Gasteiger partial charge >= 0.3 is 5.69 Å². The van der Waals surface area contributed by atoms with Crippen LogP contribution in [0.2, 0.25) is 0 Å².